The number of ether oxygens (including phenoxy) is 2. The Kier molecular flexibility index (Phi) is 3.98. The Morgan fingerprint density at radius 2 is 2.18 bits per heavy atom. The Balaban J connectivity index is 1.64. The lowest BCUT2D eigenvalue weighted by atomic mass is 9.98. The zero-order valence-electron chi connectivity index (χ0n) is 11.9. The second-order valence-corrected chi connectivity index (χ2v) is 5.89. The highest BCUT2D eigenvalue weighted by molar-refractivity contribution is 5.88. The predicted octanol–water partition coefficient (Wildman–Crippen LogP) is 2.83. The van der Waals surface area contributed by atoms with Crippen molar-refractivity contribution < 1.29 is 24.3 Å². The fourth-order valence-corrected chi connectivity index (χ4v) is 3.49. The van der Waals surface area contributed by atoms with Crippen LogP contribution < -0.4 is 4.74 Å². The first kappa shape index (κ1) is 14.8. The molecule has 2 fully saturated rings. The van der Waals surface area contributed by atoms with Gasteiger partial charge in [0.1, 0.15) is 0 Å². The molecule has 0 heterocycles. The molecule has 0 aromatic heterocycles. The van der Waals surface area contributed by atoms with E-state index in [1.165, 1.54) is 25.3 Å². The number of rotatable bonds is 6. The van der Waals surface area contributed by atoms with Gasteiger partial charge >= 0.3 is 11.7 Å². The number of nitro benzene ring substituents is 1. The Labute approximate surface area is 127 Å². The normalized spacial score (nSPS) is 26.1. The molecule has 1 N–H and O–H groups in total. The van der Waals surface area contributed by atoms with Crippen molar-refractivity contribution in [3.05, 3.63) is 33.9 Å². The van der Waals surface area contributed by atoms with Crippen molar-refractivity contribution in [2.75, 3.05) is 6.79 Å². The first-order chi connectivity index (χ1) is 10.5. The number of fused-ring (bicyclic) bond motifs is 2. The van der Waals surface area contributed by atoms with Gasteiger partial charge in [0.2, 0.25) is 5.75 Å². The average molecular weight is 307 g/mol. The van der Waals surface area contributed by atoms with Crippen molar-refractivity contribution in [3.8, 4) is 5.75 Å². The molecule has 118 valence electrons. The van der Waals surface area contributed by atoms with E-state index < -0.39 is 10.9 Å². The molecule has 7 nitrogen and oxygen atoms in total. The monoisotopic (exact) mass is 307 g/mol. The van der Waals surface area contributed by atoms with Crippen LogP contribution in [0.1, 0.15) is 36.0 Å². The van der Waals surface area contributed by atoms with E-state index in [1.807, 2.05) is 0 Å². The van der Waals surface area contributed by atoms with Crippen molar-refractivity contribution in [1.29, 1.82) is 0 Å². The SMILES string of the molecule is O=C(O)c1ccc([N+](=O)[O-])c(OCOC2CC3CCC2C3)c1. The fraction of sp³-hybridized carbons (Fsp3) is 0.533. The number of aromatic carboxylic acids is 1. The molecule has 3 rings (SSSR count). The van der Waals surface area contributed by atoms with E-state index >= 15 is 0 Å². The highest BCUT2D eigenvalue weighted by Gasteiger charge is 2.40. The third-order valence-electron chi connectivity index (χ3n) is 4.57. The van der Waals surface area contributed by atoms with Gasteiger partial charge in [-0.2, -0.15) is 0 Å². The standard InChI is InChI=1S/C15H17NO6/c17-15(18)11-3-4-12(16(19)20)14(7-11)22-8-21-13-6-9-1-2-10(13)5-9/h3-4,7,9-10,13H,1-2,5-6,8H2,(H,17,18). The largest absolute Gasteiger partial charge is 0.478 e. The highest BCUT2D eigenvalue weighted by Crippen LogP contribution is 2.45. The van der Waals surface area contributed by atoms with E-state index in [4.69, 9.17) is 14.6 Å². The zero-order valence-corrected chi connectivity index (χ0v) is 11.9. The Hall–Kier alpha value is -2.15. The average Bonchev–Trinajstić information content (AvgIpc) is 3.09. The number of carboxylic acid groups (broad SMARTS) is 1. The molecule has 22 heavy (non-hydrogen) atoms. The van der Waals surface area contributed by atoms with Crippen LogP contribution in [0.2, 0.25) is 0 Å². The summed E-state index contributed by atoms with van der Waals surface area (Å²) in [4.78, 5) is 21.3. The fourth-order valence-electron chi connectivity index (χ4n) is 3.49. The summed E-state index contributed by atoms with van der Waals surface area (Å²) in [6.45, 7) is -0.0994. The number of nitrogens with zero attached hydrogens (tertiary/aromatic N) is 1. The molecule has 7 heteroatoms. The minimum atomic E-state index is -1.16. The lowest BCUT2D eigenvalue weighted by Gasteiger charge is -2.21. The highest BCUT2D eigenvalue weighted by atomic mass is 16.7. The molecule has 2 bridgehead atoms. The minimum absolute atomic E-state index is 0.0551. The van der Waals surface area contributed by atoms with E-state index in [2.05, 4.69) is 0 Å². The molecule has 2 aliphatic rings. The first-order valence-corrected chi connectivity index (χ1v) is 7.30. The van der Waals surface area contributed by atoms with Gasteiger partial charge in [-0.05, 0) is 43.6 Å². The maximum atomic E-state index is 11.0. The van der Waals surface area contributed by atoms with Crippen molar-refractivity contribution in [2.45, 2.75) is 31.8 Å². The molecule has 1 aromatic rings. The minimum Gasteiger partial charge on any atom is -0.478 e. The first-order valence-electron chi connectivity index (χ1n) is 7.30. The summed E-state index contributed by atoms with van der Waals surface area (Å²) in [5, 5.41) is 19.9. The van der Waals surface area contributed by atoms with Crippen LogP contribution in [0.4, 0.5) is 5.69 Å². The number of hydrogen-bond acceptors (Lipinski definition) is 5. The molecule has 2 aliphatic carbocycles. The van der Waals surface area contributed by atoms with Crippen molar-refractivity contribution in [2.24, 2.45) is 11.8 Å². The van der Waals surface area contributed by atoms with Crippen LogP contribution in [0.15, 0.2) is 18.2 Å². The van der Waals surface area contributed by atoms with E-state index in [9.17, 15) is 14.9 Å². The molecular formula is C15H17NO6. The van der Waals surface area contributed by atoms with E-state index in [0.717, 1.165) is 24.5 Å². The number of benzene rings is 1. The summed E-state index contributed by atoms with van der Waals surface area (Å²) in [6, 6.07) is 3.48. The van der Waals surface area contributed by atoms with Gasteiger partial charge in [-0.25, -0.2) is 4.79 Å². The number of nitro groups is 1. The van der Waals surface area contributed by atoms with Gasteiger partial charge in [0, 0.05) is 12.1 Å². The van der Waals surface area contributed by atoms with Gasteiger partial charge in [0.15, 0.2) is 6.79 Å². The molecule has 0 spiro atoms. The Morgan fingerprint density at radius 1 is 1.36 bits per heavy atom. The zero-order chi connectivity index (χ0) is 15.7. The summed E-state index contributed by atoms with van der Waals surface area (Å²) in [7, 11) is 0. The quantitative estimate of drug-likeness (QED) is 0.493. The summed E-state index contributed by atoms with van der Waals surface area (Å²) in [5.41, 5.74) is -0.318. The Morgan fingerprint density at radius 3 is 2.77 bits per heavy atom. The van der Waals surface area contributed by atoms with Gasteiger partial charge in [0.05, 0.1) is 16.6 Å². The van der Waals surface area contributed by atoms with E-state index in [-0.39, 0.29) is 29.9 Å². The summed E-state index contributed by atoms with van der Waals surface area (Å²) in [6.07, 6.45) is 4.80. The van der Waals surface area contributed by atoms with Crippen molar-refractivity contribution in [1.82, 2.24) is 0 Å². The van der Waals surface area contributed by atoms with Crippen LogP contribution in [0.25, 0.3) is 0 Å². The lowest BCUT2D eigenvalue weighted by molar-refractivity contribution is -0.386. The molecule has 2 saturated carbocycles. The number of carbonyl (C=O) groups is 1. The van der Waals surface area contributed by atoms with Gasteiger partial charge in [0.25, 0.3) is 0 Å². The molecule has 1 aromatic carbocycles. The van der Waals surface area contributed by atoms with Crippen molar-refractivity contribution in [3.63, 3.8) is 0 Å². The van der Waals surface area contributed by atoms with E-state index in [1.54, 1.807) is 0 Å². The Bertz CT molecular complexity index is 602. The maximum absolute atomic E-state index is 11.0. The third-order valence-corrected chi connectivity index (χ3v) is 4.57. The van der Waals surface area contributed by atoms with Gasteiger partial charge in [-0.15, -0.1) is 0 Å². The van der Waals surface area contributed by atoms with E-state index in [0.29, 0.717) is 5.92 Å². The number of hydrogen-bond donors (Lipinski definition) is 1. The summed E-state index contributed by atoms with van der Waals surface area (Å²) < 4.78 is 11.0. The number of carboxylic acids is 1. The molecular weight excluding hydrogens is 290 g/mol. The van der Waals surface area contributed by atoms with Gasteiger partial charge in [-0.3, -0.25) is 10.1 Å². The van der Waals surface area contributed by atoms with Crippen LogP contribution in [0.5, 0.6) is 5.75 Å². The molecule has 0 aliphatic heterocycles. The smallest absolute Gasteiger partial charge is 0.335 e. The van der Waals surface area contributed by atoms with Crippen LogP contribution in [-0.2, 0) is 4.74 Å². The predicted molar refractivity (Wildman–Crippen MR) is 75.9 cm³/mol. The third kappa shape index (κ3) is 2.89. The summed E-state index contributed by atoms with van der Waals surface area (Å²) in [5.74, 6) is 0.0652. The van der Waals surface area contributed by atoms with Crippen LogP contribution in [0, 0.1) is 22.0 Å². The second kappa shape index (κ2) is 5.92. The second-order valence-electron chi connectivity index (χ2n) is 5.89. The lowest BCUT2D eigenvalue weighted by Crippen LogP contribution is -2.22. The maximum Gasteiger partial charge on any atom is 0.335 e. The molecule has 0 radical (unpaired) electrons. The molecule has 3 unspecified atom stereocenters. The molecule has 3 atom stereocenters. The van der Waals surface area contributed by atoms with Gasteiger partial charge < -0.3 is 14.6 Å². The molecule has 0 saturated heterocycles. The van der Waals surface area contributed by atoms with Crippen LogP contribution >= 0.6 is 0 Å². The van der Waals surface area contributed by atoms with Crippen molar-refractivity contribution >= 4 is 11.7 Å². The molecule has 0 amide bonds. The van der Waals surface area contributed by atoms with Crippen LogP contribution in [0.3, 0.4) is 0 Å². The topological polar surface area (TPSA) is 98.9 Å². The van der Waals surface area contributed by atoms with Gasteiger partial charge in [-0.1, -0.05) is 0 Å². The summed E-state index contributed by atoms with van der Waals surface area (Å²) >= 11 is 0. The van der Waals surface area contributed by atoms with Crippen LogP contribution in [-0.4, -0.2) is 28.9 Å².